The first-order valence-electron chi connectivity index (χ1n) is 6.78. The standard InChI is InChI=1S/C15H22N2O3/c1-4-11(2)17(3)10-9-16-14(18)12-7-5-6-8-13(12)15(19)20/h5-8,11H,4,9-10H2,1-3H3,(H,16,18)(H,19,20). The van der Waals surface area contributed by atoms with E-state index in [1.165, 1.54) is 12.1 Å². The van der Waals surface area contributed by atoms with Gasteiger partial charge in [-0.25, -0.2) is 4.79 Å². The number of nitrogens with zero attached hydrogens (tertiary/aromatic N) is 1. The Bertz CT molecular complexity index is 474. The van der Waals surface area contributed by atoms with E-state index >= 15 is 0 Å². The van der Waals surface area contributed by atoms with Crippen LogP contribution >= 0.6 is 0 Å². The molecule has 20 heavy (non-hydrogen) atoms. The number of aromatic carboxylic acids is 1. The maximum absolute atomic E-state index is 12.0. The van der Waals surface area contributed by atoms with Crippen LogP contribution in [0.3, 0.4) is 0 Å². The lowest BCUT2D eigenvalue weighted by Gasteiger charge is -2.23. The molecule has 2 N–H and O–H groups in total. The van der Waals surface area contributed by atoms with Gasteiger partial charge in [0.25, 0.3) is 5.91 Å². The first kappa shape index (κ1) is 16.2. The average molecular weight is 278 g/mol. The smallest absolute Gasteiger partial charge is 0.336 e. The number of carboxylic acids is 1. The lowest BCUT2D eigenvalue weighted by atomic mass is 10.1. The third-order valence-corrected chi connectivity index (χ3v) is 3.50. The molecule has 0 aliphatic carbocycles. The van der Waals surface area contributed by atoms with Crippen LogP contribution in [0.2, 0.25) is 0 Å². The number of rotatable bonds is 7. The molecule has 0 radical (unpaired) electrons. The van der Waals surface area contributed by atoms with Crippen LogP contribution in [-0.2, 0) is 0 Å². The Balaban J connectivity index is 2.58. The SMILES string of the molecule is CCC(C)N(C)CCNC(=O)c1ccccc1C(=O)O. The number of hydrogen-bond acceptors (Lipinski definition) is 3. The van der Waals surface area contributed by atoms with Crippen molar-refractivity contribution >= 4 is 11.9 Å². The van der Waals surface area contributed by atoms with E-state index in [-0.39, 0.29) is 17.0 Å². The zero-order chi connectivity index (χ0) is 15.1. The van der Waals surface area contributed by atoms with Gasteiger partial charge in [0, 0.05) is 19.1 Å². The van der Waals surface area contributed by atoms with Crippen molar-refractivity contribution in [3.8, 4) is 0 Å². The Labute approximate surface area is 119 Å². The van der Waals surface area contributed by atoms with Crippen molar-refractivity contribution in [2.75, 3.05) is 20.1 Å². The Kier molecular flexibility index (Phi) is 6.18. The minimum atomic E-state index is -1.09. The molecular formula is C15H22N2O3. The summed E-state index contributed by atoms with van der Waals surface area (Å²) in [6, 6.07) is 6.68. The van der Waals surface area contributed by atoms with Gasteiger partial charge in [0.1, 0.15) is 0 Å². The summed E-state index contributed by atoms with van der Waals surface area (Å²) in [5.74, 6) is -1.44. The Morgan fingerprint density at radius 3 is 2.45 bits per heavy atom. The zero-order valence-corrected chi connectivity index (χ0v) is 12.2. The molecule has 0 bridgehead atoms. The number of nitrogens with one attached hydrogen (secondary N) is 1. The molecule has 1 unspecified atom stereocenters. The van der Waals surface area contributed by atoms with Gasteiger partial charge in [-0.1, -0.05) is 19.1 Å². The molecule has 1 aromatic carbocycles. The van der Waals surface area contributed by atoms with Gasteiger partial charge in [-0.2, -0.15) is 0 Å². The number of benzene rings is 1. The highest BCUT2D eigenvalue weighted by atomic mass is 16.4. The number of carbonyl (C=O) groups is 2. The highest BCUT2D eigenvalue weighted by molar-refractivity contribution is 6.04. The summed E-state index contributed by atoms with van der Waals surface area (Å²) in [6.07, 6.45) is 1.05. The molecule has 0 fully saturated rings. The molecule has 0 saturated heterocycles. The Morgan fingerprint density at radius 1 is 1.30 bits per heavy atom. The quantitative estimate of drug-likeness (QED) is 0.798. The third kappa shape index (κ3) is 4.35. The summed E-state index contributed by atoms with van der Waals surface area (Å²) in [5.41, 5.74) is 0.228. The first-order chi connectivity index (χ1) is 9.47. The van der Waals surface area contributed by atoms with E-state index in [0.29, 0.717) is 12.6 Å². The minimum absolute atomic E-state index is 0.0280. The van der Waals surface area contributed by atoms with Crippen molar-refractivity contribution in [2.45, 2.75) is 26.3 Å². The predicted octanol–water partition coefficient (Wildman–Crippen LogP) is 1.84. The van der Waals surface area contributed by atoms with Crippen molar-refractivity contribution < 1.29 is 14.7 Å². The lowest BCUT2D eigenvalue weighted by molar-refractivity contribution is 0.0691. The molecule has 0 spiro atoms. The Morgan fingerprint density at radius 2 is 1.90 bits per heavy atom. The van der Waals surface area contributed by atoms with Crippen LogP contribution in [0, 0.1) is 0 Å². The molecule has 1 amide bonds. The molecule has 1 rings (SSSR count). The number of amides is 1. The largest absolute Gasteiger partial charge is 0.478 e. The maximum Gasteiger partial charge on any atom is 0.336 e. The second-order valence-corrected chi connectivity index (χ2v) is 4.84. The average Bonchev–Trinajstić information content (AvgIpc) is 2.45. The van der Waals surface area contributed by atoms with Gasteiger partial charge in [-0.15, -0.1) is 0 Å². The lowest BCUT2D eigenvalue weighted by Crippen LogP contribution is -2.37. The molecule has 0 heterocycles. The topological polar surface area (TPSA) is 69.6 Å². The molecule has 5 nitrogen and oxygen atoms in total. The van der Waals surface area contributed by atoms with E-state index in [9.17, 15) is 9.59 Å². The van der Waals surface area contributed by atoms with E-state index in [4.69, 9.17) is 5.11 Å². The third-order valence-electron chi connectivity index (χ3n) is 3.50. The molecule has 0 aliphatic rings. The molecular weight excluding hydrogens is 256 g/mol. The summed E-state index contributed by atoms with van der Waals surface area (Å²) in [7, 11) is 2.01. The van der Waals surface area contributed by atoms with Gasteiger partial charge in [-0.05, 0) is 32.5 Å². The molecule has 5 heteroatoms. The van der Waals surface area contributed by atoms with E-state index in [2.05, 4.69) is 24.1 Å². The van der Waals surface area contributed by atoms with E-state index in [1.807, 2.05) is 7.05 Å². The van der Waals surface area contributed by atoms with Crippen molar-refractivity contribution in [3.63, 3.8) is 0 Å². The van der Waals surface area contributed by atoms with Crippen molar-refractivity contribution in [3.05, 3.63) is 35.4 Å². The van der Waals surface area contributed by atoms with Crippen molar-refractivity contribution in [1.29, 1.82) is 0 Å². The fraction of sp³-hybridized carbons (Fsp3) is 0.467. The highest BCUT2D eigenvalue weighted by Crippen LogP contribution is 2.08. The number of likely N-dealkylation sites (N-methyl/N-ethyl adjacent to an activating group) is 1. The van der Waals surface area contributed by atoms with Crippen LogP contribution in [0.1, 0.15) is 41.0 Å². The van der Waals surface area contributed by atoms with Crippen LogP contribution in [0.4, 0.5) is 0 Å². The molecule has 0 aliphatic heterocycles. The summed E-state index contributed by atoms with van der Waals surface area (Å²) in [6.45, 7) is 5.47. The van der Waals surface area contributed by atoms with Crippen LogP contribution in [-0.4, -0.2) is 48.1 Å². The predicted molar refractivity (Wildman–Crippen MR) is 78.1 cm³/mol. The van der Waals surface area contributed by atoms with Crippen LogP contribution in [0.25, 0.3) is 0 Å². The monoisotopic (exact) mass is 278 g/mol. The van der Waals surface area contributed by atoms with E-state index in [1.54, 1.807) is 12.1 Å². The molecule has 1 aromatic rings. The zero-order valence-electron chi connectivity index (χ0n) is 12.2. The maximum atomic E-state index is 12.0. The second kappa shape index (κ2) is 7.65. The van der Waals surface area contributed by atoms with Crippen LogP contribution < -0.4 is 5.32 Å². The summed E-state index contributed by atoms with van der Waals surface area (Å²) < 4.78 is 0. The minimum Gasteiger partial charge on any atom is -0.478 e. The number of hydrogen-bond donors (Lipinski definition) is 2. The van der Waals surface area contributed by atoms with Crippen molar-refractivity contribution in [2.24, 2.45) is 0 Å². The van der Waals surface area contributed by atoms with Gasteiger partial charge in [0.05, 0.1) is 11.1 Å². The van der Waals surface area contributed by atoms with Gasteiger partial charge in [-0.3, -0.25) is 4.79 Å². The summed E-state index contributed by atoms with van der Waals surface area (Å²) >= 11 is 0. The normalized spacial score (nSPS) is 12.2. The molecule has 0 saturated carbocycles. The number of carboxylic acid groups (broad SMARTS) is 1. The van der Waals surface area contributed by atoms with E-state index < -0.39 is 5.97 Å². The van der Waals surface area contributed by atoms with E-state index in [0.717, 1.165) is 13.0 Å². The fourth-order valence-corrected chi connectivity index (χ4v) is 1.84. The van der Waals surface area contributed by atoms with Crippen molar-refractivity contribution in [1.82, 2.24) is 10.2 Å². The second-order valence-electron chi connectivity index (χ2n) is 4.84. The van der Waals surface area contributed by atoms with Gasteiger partial charge in [0.15, 0.2) is 0 Å². The summed E-state index contributed by atoms with van der Waals surface area (Å²) in [4.78, 5) is 25.2. The summed E-state index contributed by atoms with van der Waals surface area (Å²) in [5, 5.41) is 11.8. The first-order valence-corrected chi connectivity index (χ1v) is 6.78. The highest BCUT2D eigenvalue weighted by Gasteiger charge is 2.15. The van der Waals surface area contributed by atoms with Crippen LogP contribution in [0.15, 0.2) is 24.3 Å². The van der Waals surface area contributed by atoms with Crippen LogP contribution in [0.5, 0.6) is 0 Å². The van der Waals surface area contributed by atoms with Gasteiger partial charge >= 0.3 is 5.97 Å². The number of carbonyl (C=O) groups excluding carboxylic acids is 1. The molecule has 110 valence electrons. The van der Waals surface area contributed by atoms with Gasteiger partial charge < -0.3 is 15.3 Å². The molecule has 0 aromatic heterocycles. The molecule has 1 atom stereocenters. The fourth-order valence-electron chi connectivity index (χ4n) is 1.84. The Hall–Kier alpha value is -1.88. The van der Waals surface area contributed by atoms with Gasteiger partial charge in [0.2, 0.25) is 0 Å².